The predicted octanol–water partition coefficient (Wildman–Crippen LogP) is 4.45. The number of amides is 2. The number of carboxylic acid groups (broad SMARTS) is 1. The minimum absolute atomic E-state index is 0.0191. The fourth-order valence-electron chi connectivity index (χ4n) is 5.14. The summed E-state index contributed by atoms with van der Waals surface area (Å²) in [5, 5.41) is 15.1. The molecule has 180 valence electrons. The molecule has 0 spiro atoms. The molecule has 2 aliphatic rings. The van der Waals surface area contributed by atoms with E-state index in [0.717, 1.165) is 35.1 Å². The van der Waals surface area contributed by atoms with Gasteiger partial charge in [0.2, 0.25) is 5.91 Å². The van der Waals surface area contributed by atoms with Crippen molar-refractivity contribution >= 4 is 18.0 Å². The zero-order chi connectivity index (χ0) is 24.3. The largest absolute Gasteiger partial charge is 0.480 e. The summed E-state index contributed by atoms with van der Waals surface area (Å²) in [6.45, 7) is 3.99. The van der Waals surface area contributed by atoms with E-state index in [2.05, 4.69) is 41.8 Å². The monoisotopic (exact) mass is 464 g/mol. The predicted molar refractivity (Wildman–Crippen MR) is 128 cm³/mol. The van der Waals surface area contributed by atoms with Gasteiger partial charge >= 0.3 is 12.1 Å². The van der Waals surface area contributed by atoms with Crippen molar-refractivity contribution in [1.29, 1.82) is 0 Å². The molecule has 3 N–H and O–H groups in total. The minimum Gasteiger partial charge on any atom is -0.480 e. The number of hydrogen-bond donors (Lipinski definition) is 3. The normalized spacial score (nSPS) is 22.2. The van der Waals surface area contributed by atoms with E-state index in [-0.39, 0.29) is 24.9 Å². The number of alkyl carbamates (subject to hydrolysis) is 1. The smallest absolute Gasteiger partial charge is 0.407 e. The van der Waals surface area contributed by atoms with Gasteiger partial charge in [0.25, 0.3) is 0 Å². The molecule has 0 unspecified atom stereocenters. The SMILES string of the molecule is CC1CCC(NC(=O)C[C@H](C)NC(=O)OCC2c3ccccc3-c3ccccc32)(C(=O)O)CC1. The summed E-state index contributed by atoms with van der Waals surface area (Å²) in [5.41, 5.74) is 3.35. The van der Waals surface area contributed by atoms with Crippen molar-refractivity contribution < 1.29 is 24.2 Å². The number of aliphatic carboxylic acids is 1. The van der Waals surface area contributed by atoms with Gasteiger partial charge in [-0.15, -0.1) is 0 Å². The van der Waals surface area contributed by atoms with Crippen LogP contribution in [-0.2, 0) is 14.3 Å². The van der Waals surface area contributed by atoms with Gasteiger partial charge < -0.3 is 20.5 Å². The maximum Gasteiger partial charge on any atom is 0.407 e. The van der Waals surface area contributed by atoms with Crippen LogP contribution in [-0.4, -0.2) is 41.3 Å². The molecule has 0 radical (unpaired) electrons. The van der Waals surface area contributed by atoms with Crippen molar-refractivity contribution in [3.8, 4) is 11.1 Å². The van der Waals surface area contributed by atoms with Crippen LogP contribution in [0.4, 0.5) is 4.79 Å². The maximum atomic E-state index is 12.6. The Morgan fingerprint density at radius 1 is 1.03 bits per heavy atom. The molecule has 1 saturated carbocycles. The zero-order valence-corrected chi connectivity index (χ0v) is 19.7. The second-order valence-electron chi connectivity index (χ2n) is 9.69. The first-order valence-electron chi connectivity index (χ1n) is 11.9. The van der Waals surface area contributed by atoms with Crippen molar-refractivity contribution in [2.45, 2.75) is 63.5 Å². The Kier molecular flexibility index (Phi) is 6.91. The van der Waals surface area contributed by atoms with Crippen molar-refractivity contribution in [2.24, 2.45) is 5.92 Å². The molecule has 0 bridgehead atoms. The molecular weight excluding hydrogens is 432 g/mol. The first-order chi connectivity index (χ1) is 16.3. The number of fused-ring (bicyclic) bond motifs is 3. The highest BCUT2D eigenvalue weighted by Crippen LogP contribution is 2.44. The van der Waals surface area contributed by atoms with Crippen LogP contribution in [0, 0.1) is 5.92 Å². The number of nitrogens with one attached hydrogen (secondary N) is 2. The van der Waals surface area contributed by atoms with E-state index in [4.69, 9.17) is 4.74 Å². The average Bonchev–Trinajstić information content (AvgIpc) is 3.13. The van der Waals surface area contributed by atoms with Gasteiger partial charge in [0.15, 0.2) is 0 Å². The lowest BCUT2D eigenvalue weighted by molar-refractivity contribution is -0.149. The van der Waals surface area contributed by atoms with Crippen LogP contribution < -0.4 is 10.6 Å². The molecule has 34 heavy (non-hydrogen) atoms. The van der Waals surface area contributed by atoms with Gasteiger partial charge in [0, 0.05) is 18.4 Å². The zero-order valence-electron chi connectivity index (χ0n) is 19.7. The fraction of sp³-hybridized carbons (Fsp3) is 0.444. The Balaban J connectivity index is 1.30. The van der Waals surface area contributed by atoms with Crippen LogP contribution in [0.2, 0.25) is 0 Å². The van der Waals surface area contributed by atoms with Crippen LogP contribution in [0.15, 0.2) is 48.5 Å². The highest BCUT2D eigenvalue weighted by Gasteiger charge is 2.42. The third-order valence-electron chi connectivity index (χ3n) is 7.12. The standard InChI is InChI=1S/C27H32N2O5/c1-17-11-13-27(14-12-17,25(31)32)29-24(30)15-18(2)28-26(33)34-16-23-21-9-5-3-7-19(21)20-8-4-6-10-22(20)23/h3-10,17-18,23H,11-16H2,1-2H3,(H,28,33)(H,29,30)(H,31,32)/t17?,18-,27?/m0/s1. The van der Waals surface area contributed by atoms with Gasteiger partial charge in [-0.3, -0.25) is 4.79 Å². The summed E-state index contributed by atoms with van der Waals surface area (Å²) in [4.78, 5) is 36.9. The van der Waals surface area contributed by atoms with Gasteiger partial charge in [0.05, 0.1) is 0 Å². The van der Waals surface area contributed by atoms with Gasteiger partial charge in [-0.2, -0.15) is 0 Å². The quantitative estimate of drug-likeness (QED) is 0.561. The molecule has 1 fully saturated rings. The van der Waals surface area contributed by atoms with Gasteiger partial charge in [0.1, 0.15) is 12.1 Å². The third kappa shape index (κ3) is 4.93. The van der Waals surface area contributed by atoms with Crippen LogP contribution in [0.3, 0.4) is 0 Å². The molecule has 2 amide bonds. The minimum atomic E-state index is -1.22. The average molecular weight is 465 g/mol. The van der Waals surface area contributed by atoms with E-state index in [9.17, 15) is 19.5 Å². The van der Waals surface area contributed by atoms with Crippen LogP contribution in [0.5, 0.6) is 0 Å². The summed E-state index contributed by atoms with van der Waals surface area (Å²) in [5.74, 6) is -0.965. The fourth-order valence-corrected chi connectivity index (χ4v) is 5.14. The van der Waals surface area contributed by atoms with Crippen molar-refractivity contribution in [1.82, 2.24) is 10.6 Å². The first kappa shape index (κ1) is 23.8. The molecule has 7 nitrogen and oxygen atoms in total. The molecule has 0 aromatic heterocycles. The van der Waals surface area contributed by atoms with E-state index in [0.29, 0.717) is 18.8 Å². The Morgan fingerprint density at radius 3 is 2.15 bits per heavy atom. The van der Waals surface area contributed by atoms with Crippen LogP contribution >= 0.6 is 0 Å². The Labute approximate surface area is 199 Å². The summed E-state index contributed by atoms with van der Waals surface area (Å²) < 4.78 is 5.54. The molecule has 0 saturated heterocycles. The lowest BCUT2D eigenvalue weighted by Crippen LogP contribution is -2.57. The summed E-state index contributed by atoms with van der Waals surface area (Å²) in [7, 11) is 0. The number of hydrogen-bond acceptors (Lipinski definition) is 4. The highest BCUT2D eigenvalue weighted by atomic mass is 16.5. The van der Waals surface area contributed by atoms with Crippen LogP contribution in [0.1, 0.15) is 63.0 Å². The number of rotatable bonds is 7. The van der Waals surface area contributed by atoms with Gasteiger partial charge in [-0.25, -0.2) is 9.59 Å². The van der Waals surface area contributed by atoms with Crippen molar-refractivity contribution in [3.63, 3.8) is 0 Å². The van der Waals surface area contributed by atoms with Gasteiger partial charge in [-0.1, -0.05) is 55.5 Å². The van der Waals surface area contributed by atoms with Crippen molar-refractivity contribution in [2.75, 3.05) is 6.61 Å². The Hall–Kier alpha value is -3.35. The van der Waals surface area contributed by atoms with Crippen molar-refractivity contribution in [3.05, 3.63) is 59.7 Å². The molecule has 7 heteroatoms. The number of benzene rings is 2. The second kappa shape index (κ2) is 9.87. The molecule has 2 aromatic rings. The van der Waals surface area contributed by atoms with Crippen LogP contribution in [0.25, 0.3) is 11.1 Å². The molecular formula is C27H32N2O5. The van der Waals surface area contributed by atoms with Gasteiger partial charge in [-0.05, 0) is 60.8 Å². The number of ether oxygens (including phenoxy) is 1. The van der Waals surface area contributed by atoms with E-state index in [1.165, 1.54) is 0 Å². The lowest BCUT2D eigenvalue weighted by Gasteiger charge is -2.36. The Morgan fingerprint density at radius 2 is 1.59 bits per heavy atom. The lowest BCUT2D eigenvalue weighted by atomic mass is 9.77. The molecule has 2 aliphatic carbocycles. The maximum absolute atomic E-state index is 12.6. The second-order valence-corrected chi connectivity index (χ2v) is 9.69. The van der Waals surface area contributed by atoms with E-state index in [1.54, 1.807) is 6.92 Å². The molecule has 2 aromatic carbocycles. The molecule has 0 aliphatic heterocycles. The summed E-state index contributed by atoms with van der Waals surface area (Å²) in [6, 6.07) is 15.7. The number of carbonyl (C=O) groups is 3. The number of carbonyl (C=O) groups excluding carboxylic acids is 2. The molecule has 0 heterocycles. The number of carboxylic acids is 1. The molecule has 4 rings (SSSR count). The Bertz CT molecular complexity index is 1030. The summed E-state index contributed by atoms with van der Waals surface area (Å²) >= 11 is 0. The van der Waals surface area contributed by atoms with E-state index < -0.39 is 23.6 Å². The highest BCUT2D eigenvalue weighted by molar-refractivity contribution is 5.87. The third-order valence-corrected chi connectivity index (χ3v) is 7.12. The van der Waals surface area contributed by atoms with E-state index in [1.807, 2.05) is 24.3 Å². The summed E-state index contributed by atoms with van der Waals surface area (Å²) in [6.07, 6.45) is 1.75. The topological polar surface area (TPSA) is 105 Å². The van der Waals surface area contributed by atoms with E-state index >= 15 is 0 Å². The molecule has 1 atom stereocenters. The first-order valence-corrected chi connectivity index (χ1v) is 11.9.